The molecule has 0 radical (unpaired) electrons. The second-order valence-corrected chi connectivity index (χ2v) is 4.90. The maximum atomic E-state index is 6.03. The zero-order valence-electron chi connectivity index (χ0n) is 9.94. The van der Waals surface area contributed by atoms with Crippen LogP contribution in [0.25, 0.3) is 0 Å². The summed E-state index contributed by atoms with van der Waals surface area (Å²) in [5.74, 6) is 0.724. The minimum atomic E-state index is 0.695. The van der Waals surface area contributed by atoms with Crippen molar-refractivity contribution < 1.29 is 4.74 Å². The van der Waals surface area contributed by atoms with Crippen molar-refractivity contribution in [3.05, 3.63) is 48.0 Å². The van der Waals surface area contributed by atoms with Gasteiger partial charge in [-0.3, -0.25) is 0 Å². The Labute approximate surface area is 106 Å². The van der Waals surface area contributed by atoms with Crippen LogP contribution in [0.3, 0.4) is 0 Å². The van der Waals surface area contributed by atoms with Gasteiger partial charge in [0.1, 0.15) is 5.75 Å². The van der Waals surface area contributed by atoms with E-state index in [2.05, 4.69) is 31.2 Å². The normalized spacial score (nSPS) is 10.2. The minimum Gasteiger partial charge on any atom is -0.495 e. The Morgan fingerprint density at radius 2 is 1.76 bits per heavy atom. The standard InChI is InChI=1S/C14H15NOS/c1-10-6-8-11(9-7-10)17-13-5-3-4-12(16-2)14(13)15/h3-9H,15H2,1-2H3. The Morgan fingerprint density at radius 1 is 1.06 bits per heavy atom. The van der Waals surface area contributed by atoms with Gasteiger partial charge in [0.25, 0.3) is 0 Å². The van der Waals surface area contributed by atoms with Crippen molar-refractivity contribution in [1.82, 2.24) is 0 Å². The lowest BCUT2D eigenvalue weighted by Crippen LogP contribution is -1.93. The molecule has 2 nitrogen and oxygen atoms in total. The molecule has 0 bridgehead atoms. The van der Waals surface area contributed by atoms with Gasteiger partial charge in [-0.05, 0) is 31.2 Å². The molecular weight excluding hydrogens is 230 g/mol. The number of benzene rings is 2. The molecule has 0 aliphatic heterocycles. The molecule has 0 saturated carbocycles. The number of ether oxygens (including phenoxy) is 1. The molecule has 0 saturated heterocycles. The molecule has 0 heterocycles. The summed E-state index contributed by atoms with van der Waals surface area (Å²) in [6.45, 7) is 2.08. The number of nitrogens with two attached hydrogens (primary N) is 1. The molecule has 0 atom stereocenters. The number of rotatable bonds is 3. The number of nitrogen functional groups attached to an aromatic ring is 1. The molecule has 2 rings (SSSR count). The van der Waals surface area contributed by atoms with Crippen molar-refractivity contribution in [2.24, 2.45) is 0 Å². The van der Waals surface area contributed by atoms with Gasteiger partial charge in [0.15, 0.2) is 0 Å². The van der Waals surface area contributed by atoms with Gasteiger partial charge >= 0.3 is 0 Å². The highest BCUT2D eigenvalue weighted by Crippen LogP contribution is 2.36. The summed E-state index contributed by atoms with van der Waals surface area (Å²) < 4.78 is 5.20. The molecule has 0 aliphatic rings. The first-order chi connectivity index (χ1) is 8.20. The molecule has 3 heteroatoms. The SMILES string of the molecule is COc1cccc(Sc2ccc(C)cc2)c1N. The van der Waals surface area contributed by atoms with E-state index < -0.39 is 0 Å². The smallest absolute Gasteiger partial charge is 0.142 e. The number of aryl methyl sites for hydroxylation is 1. The lowest BCUT2D eigenvalue weighted by Gasteiger charge is -2.09. The average Bonchev–Trinajstić information content (AvgIpc) is 2.35. The number of para-hydroxylation sites is 1. The summed E-state index contributed by atoms with van der Waals surface area (Å²) in [6, 6.07) is 14.2. The molecule has 0 aliphatic carbocycles. The van der Waals surface area contributed by atoms with Crippen LogP contribution in [0.4, 0.5) is 5.69 Å². The molecule has 0 fully saturated rings. The van der Waals surface area contributed by atoms with E-state index in [1.54, 1.807) is 18.9 Å². The maximum absolute atomic E-state index is 6.03. The molecule has 0 unspecified atom stereocenters. The molecule has 0 amide bonds. The molecule has 2 aromatic carbocycles. The van der Waals surface area contributed by atoms with Crippen molar-refractivity contribution in [3.63, 3.8) is 0 Å². The van der Waals surface area contributed by atoms with Crippen molar-refractivity contribution >= 4 is 17.4 Å². The Balaban J connectivity index is 2.27. The summed E-state index contributed by atoms with van der Waals surface area (Å²) >= 11 is 1.65. The van der Waals surface area contributed by atoms with E-state index in [-0.39, 0.29) is 0 Å². The van der Waals surface area contributed by atoms with Crippen molar-refractivity contribution in [2.75, 3.05) is 12.8 Å². The fraction of sp³-hybridized carbons (Fsp3) is 0.143. The van der Waals surface area contributed by atoms with Crippen LogP contribution in [0.2, 0.25) is 0 Å². The van der Waals surface area contributed by atoms with Crippen molar-refractivity contribution in [1.29, 1.82) is 0 Å². The summed E-state index contributed by atoms with van der Waals surface area (Å²) in [5.41, 5.74) is 7.98. The third kappa shape index (κ3) is 2.74. The highest BCUT2D eigenvalue weighted by molar-refractivity contribution is 7.99. The first kappa shape index (κ1) is 11.9. The number of methoxy groups -OCH3 is 1. The van der Waals surface area contributed by atoms with Gasteiger partial charge in [0, 0.05) is 9.79 Å². The van der Waals surface area contributed by atoms with Gasteiger partial charge in [0.2, 0.25) is 0 Å². The molecule has 17 heavy (non-hydrogen) atoms. The maximum Gasteiger partial charge on any atom is 0.142 e. The van der Waals surface area contributed by atoms with E-state index >= 15 is 0 Å². The van der Waals surface area contributed by atoms with Gasteiger partial charge in [-0.25, -0.2) is 0 Å². The summed E-state index contributed by atoms with van der Waals surface area (Å²) in [6.07, 6.45) is 0. The Bertz CT molecular complexity index is 508. The van der Waals surface area contributed by atoms with Crippen molar-refractivity contribution in [3.8, 4) is 5.75 Å². The Morgan fingerprint density at radius 3 is 2.41 bits per heavy atom. The van der Waals surface area contributed by atoms with Crippen LogP contribution in [0, 0.1) is 6.92 Å². The predicted molar refractivity (Wildman–Crippen MR) is 72.7 cm³/mol. The fourth-order valence-electron chi connectivity index (χ4n) is 1.52. The Hall–Kier alpha value is -1.61. The largest absolute Gasteiger partial charge is 0.495 e. The number of hydrogen-bond donors (Lipinski definition) is 1. The van der Waals surface area contributed by atoms with Crippen LogP contribution in [0.5, 0.6) is 5.75 Å². The molecule has 88 valence electrons. The third-order valence-electron chi connectivity index (χ3n) is 2.49. The number of anilines is 1. The van der Waals surface area contributed by atoms with Gasteiger partial charge in [-0.15, -0.1) is 0 Å². The third-order valence-corrected chi connectivity index (χ3v) is 3.58. The zero-order chi connectivity index (χ0) is 12.3. The quantitative estimate of drug-likeness (QED) is 0.837. The van der Waals surface area contributed by atoms with Gasteiger partial charge in [-0.1, -0.05) is 35.5 Å². The van der Waals surface area contributed by atoms with E-state index in [1.807, 2.05) is 18.2 Å². The van der Waals surface area contributed by atoms with Gasteiger partial charge in [-0.2, -0.15) is 0 Å². The van der Waals surface area contributed by atoms with Crippen LogP contribution in [-0.4, -0.2) is 7.11 Å². The minimum absolute atomic E-state index is 0.695. The lowest BCUT2D eigenvalue weighted by molar-refractivity contribution is 0.416. The number of hydrogen-bond acceptors (Lipinski definition) is 3. The zero-order valence-corrected chi connectivity index (χ0v) is 10.8. The van der Waals surface area contributed by atoms with Crippen LogP contribution in [0.15, 0.2) is 52.3 Å². The second kappa shape index (κ2) is 5.15. The van der Waals surface area contributed by atoms with E-state index in [0.29, 0.717) is 5.69 Å². The monoisotopic (exact) mass is 245 g/mol. The van der Waals surface area contributed by atoms with Crippen LogP contribution < -0.4 is 10.5 Å². The molecule has 0 aromatic heterocycles. The molecule has 2 aromatic rings. The van der Waals surface area contributed by atoms with Crippen LogP contribution in [0.1, 0.15) is 5.56 Å². The molecular formula is C14H15NOS. The first-order valence-corrected chi connectivity index (χ1v) is 6.19. The first-order valence-electron chi connectivity index (χ1n) is 5.37. The molecule has 0 spiro atoms. The summed E-state index contributed by atoms with van der Waals surface area (Å²) in [7, 11) is 1.63. The second-order valence-electron chi connectivity index (χ2n) is 3.79. The predicted octanol–water partition coefficient (Wildman–Crippen LogP) is 3.74. The highest BCUT2D eigenvalue weighted by atomic mass is 32.2. The van der Waals surface area contributed by atoms with E-state index in [4.69, 9.17) is 10.5 Å². The van der Waals surface area contributed by atoms with Crippen LogP contribution in [-0.2, 0) is 0 Å². The van der Waals surface area contributed by atoms with Crippen LogP contribution >= 0.6 is 11.8 Å². The molecule has 2 N–H and O–H groups in total. The van der Waals surface area contributed by atoms with Gasteiger partial charge in [0.05, 0.1) is 12.8 Å². The topological polar surface area (TPSA) is 35.2 Å². The highest BCUT2D eigenvalue weighted by Gasteiger charge is 2.06. The average molecular weight is 245 g/mol. The summed E-state index contributed by atoms with van der Waals surface area (Å²) in [4.78, 5) is 2.20. The summed E-state index contributed by atoms with van der Waals surface area (Å²) in [5, 5.41) is 0. The van der Waals surface area contributed by atoms with E-state index in [9.17, 15) is 0 Å². The fourth-order valence-corrected chi connectivity index (χ4v) is 2.41. The lowest BCUT2D eigenvalue weighted by atomic mass is 10.2. The van der Waals surface area contributed by atoms with E-state index in [1.165, 1.54) is 10.5 Å². The van der Waals surface area contributed by atoms with Gasteiger partial charge < -0.3 is 10.5 Å². The van der Waals surface area contributed by atoms with Crippen molar-refractivity contribution in [2.45, 2.75) is 16.7 Å². The van der Waals surface area contributed by atoms with E-state index in [0.717, 1.165) is 10.6 Å². The Kier molecular flexibility index (Phi) is 3.59.